The molecule has 3 aromatic rings. The molecule has 1 N–H and O–H groups in total. The third-order valence-electron chi connectivity index (χ3n) is 5.51. The normalized spacial score (nSPS) is 12.9. The fourth-order valence-corrected chi connectivity index (χ4v) is 3.97. The number of halogens is 4. The second-order valence-electron chi connectivity index (χ2n) is 7.90. The maximum absolute atomic E-state index is 13.3. The monoisotopic (exact) mass is 521 g/mol. The number of hydrogen-bond acceptors (Lipinski definition) is 4. The molecule has 0 spiro atoms. The highest BCUT2D eigenvalue weighted by molar-refractivity contribution is 6.32. The summed E-state index contributed by atoms with van der Waals surface area (Å²) in [5, 5.41) is 9.74. The first-order valence-electron chi connectivity index (χ1n) is 10.8. The molecule has 0 aliphatic carbocycles. The first-order chi connectivity index (χ1) is 16.9. The van der Waals surface area contributed by atoms with Gasteiger partial charge in [-0.25, -0.2) is 4.79 Å². The minimum atomic E-state index is -4.90. The van der Waals surface area contributed by atoms with E-state index in [9.17, 15) is 27.9 Å². The minimum absolute atomic E-state index is 0.0475. The van der Waals surface area contributed by atoms with Crippen LogP contribution in [0.2, 0.25) is 5.02 Å². The standard InChI is InChI=1S/C26H23ClF3NO5/c1-5-16(6-2)11-22(32)24-14(3)31(21-13-18(8-9-19(21)24)36-26(28,29)30)17-7-10-20(27)23(12-17)35-15(4)25(33)34/h5-10,12-13,15H,1,11H2,2-4H3,(H,33,34)/b16-6+/t15-/m0/s1. The third-order valence-corrected chi connectivity index (χ3v) is 5.82. The maximum Gasteiger partial charge on any atom is 0.573 e. The van der Waals surface area contributed by atoms with Gasteiger partial charge in [0.2, 0.25) is 0 Å². The van der Waals surface area contributed by atoms with Gasteiger partial charge in [-0.15, -0.1) is 13.2 Å². The van der Waals surface area contributed by atoms with Crippen molar-refractivity contribution >= 4 is 34.3 Å². The van der Waals surface area contributed by atoms with E-state index in [2.05, 4.69) is 11.3 Å². The molecule has 0 saturated carbocycles. The number of carbonyl (C=O) groups excluding carboxylic acids is 1. The molecule has 0 unspecified atom stereocenters. The van der Waals surface area contributed by atoms with Crippen LogP contribution in [0.3, 0.4) is 0 Å². The predicted molar refractivity (Wildman–Crippen MR) is 130 cm³/mol. The average Bonchev–Trinajstić information content (AvgIpc) is 3.08. The highest BCUT2D eigenvalue weighted by Gasteiger charge is 2.32. The van der Waals surface area contributed by atoms with Gasteiger partial charge in [0.1, 0.15) is 11.5 Å². The van der Waals surface area contributed by atoms with Crippen LogP contribution in [0.4, 0.5) is 13.2 Å². The van der Waals surface area contributed by atoms with Crippen molar-refractivity contribution in [2.45, 2.75) is 39.7 Å². The Hall–Kier alpha value is -3.72. The molecule has 0 aliphatic heterocycles. The average molecular weight is 522 g/mol. The molecule has 1 atom stereocenters. The van der Waals surface area contributed by atoms with E-state index in [-0.39, 0.29) is 28.5 Å². The number of ether oxygens (including phenoxy) is 2. The van der Waals surface area contributed by atoms with Gasteiger partial charge in [0.25, 0.3) is 0 Å². The van der Waals surface area contributed by atoms with Gasteiger partial charge in [-0.05, 0) is 50.6 Å². The van der Waals surface area contributed by atoms with Crippen LogP contribution in [0.25, 0.3) is 16.6 Å². The van der Waals surface area contributed by atoms with Gasteiger partial charge in [0.15, 0.2) is 11.9 Å². The van der Waals surface area contributed by atoms with Gasteiger partial charge in [-0.2, -0.15) is 0 Å². The summed E-state index contributed by atoms with van der Waals surface area (Å²) in [5.74, 6) is -1.86. The molecule has 0 fully saturated rings. The molecule has 10 heteroatoms. The summed E-state index contributed by atoms with van der Waals surface area (Å²) < 4.78 is 49.8. The number of carboxylic acids is 1. The number of aromatic nitrogens is 1. The second kappa shape index (κ2) is 10.5. The summed E-state index contributed by atoms with van der Waals surface area (Å²) in [7, 11) is 0. The lowest BCUT2D eigenvalue weighted by molar-refractivity contribution is -0.274. The number of rotatable bonds is 9. The molecule has 0 radical (unpaired) electrons. The Morgan fingerprint density at radius 3 is 2.50 bits per heavy atom. The first-order valence-corrected chi connectivity index (χ1v) is 11.1. The Bertz CT molecular complexity index is 1370. The topological polar surface area (TPSA) is 77.8 Å². The second-order valence-corrected chi connectivity index (χ2v) is 8.31. The summed E-state index contributed by atoms with van der Waals surface area (Å²) in [4.78, 5) is 24.5. The largest absolute Gasteiger partial charge is 0.573 e. The molecule has 1 heterocycles. The lowest BCUT2D eigenvalue weighted by Gasteiger charge is -2.15. The Labute approximate surface area is 210 Å². The van der Waals surface area contributed by atoms with Crippen LogP contribution >= 0.6 is 11.6 Å². The number of aliphatic carboxylic acids is 1. The fourth-order valence-electron chi connectivity index (χ4n) is 3.81. The molecule has 1 aromatic heterocycles. The molecule has 0 saturated heterocycles. The van der Waals surface area contributed by atoms with Crippen LogP contribution < -0.4 is 9.47 Å². The lowest BCUT2D eigenvalue weighted by Crippen LogP contribution is -2.23. The van der Waals surface area contributed by atoms with Crippen molar-refractivity contribution in [3.63, 3.8) is 0 Å². The molecule has 0 bridgehead atoms. The van der Waals surface area contributed by atoms with Crippen molar-refractivity contribution in [2.75, 3.05) is 0 Å². The van der Waals surface area contributed by atoms with E-state index < -0.39 is 24.2 Å². The van der Waals surface area contributed by atoms with Gasteiger partial charge in [-0.3, -0.25) is 4.79 Å². The predicted octanol–water partition coefficient (Wildman–Crippen LogP) is 7.05. The zero-order valence-corrected chi connectivity index (χ0v) is 20.4. The number of ketones is 1. The van der Waals surface area contributed by atoms with Gasteiger partial charge in [0.05, 0.1) is 10.5 Å². The Kier molecular flexibility index (Phi) is 7.83. The van der Waals surface area contributed by atoms with E-state index in [1.54, 1.807) is 36.6 Å². The van der Waals surface area contributed by atoms with Crippen LogP contribution in [0.15, 0.2) is 60.7 Å². The number of benzene rings is 2. The zero-order chi connectivity index (χ0) is 26.8. The molecular weight excluding hydrogens is 499 g/mol. The van der Waals surface area contributed by atoms with Crippen molar-refractivity contribution in [1.82, 2.24) is 4.57 Å². The molecule has 36 heavy (non-hydrogen) atoms. The number of hydrogen-bond donors (Lipinski definition) is 1. The van der Waals surface area contributed by atoms with Crippen molar-refractivity contribution in [3.8, 4) is 17.2 Å². The number of fused-ring (bicyclic) bond motifs is 1. The SMILES string of the molecule is C=C/C(=C\C)CC(=O)c1c(C)n(-c2ccc(Cl)c(O[C@@H](C)C(=O)O)c2)c2cc(OC(F)(F)F)ccc12. The summed E-state index contributed by atoms with van der Waals surface area (Å²) in [5.41, 5.74) is 2.15. The van der Waals surface area contributed by atoms with Crippen LogP contribution in [-0.4, -0.2) is 33.9 Å². The van der Waals surface area contributed by atoms with E-state index in [1.807, 2.05) is 0 Å². The molecule has 6 nitrogen and oxygen atoms in total. The summed E-state index contributed by atoms with van der Waals surface area (Å²) in [6, 6.07) is 8.24. The smallest absolute Gasteiger partial charge is 0.479 e. The maximum atomic E-state index is 13.3. The van der Waals surface area contributed by atoms with E-state index >= 15 is 0 Å². The number of allylic oxidation sites excluding steroid dienone is 3. The van der Waals surface area contributed by atoms with Crippen LogP contribution in [0.1, 0.15) is 36.3 Å². The van der Waals surface area contributed by atoms with Crippen LogP contribution in [0.5, 0.6) is 11.5 Å². The first kappa shape index (κ1) is 26.9. The van der Waals surface area contributed by atoms with Crippen molar-refractivity contribution in [1.29, 1.82) is 0 Å². The molecular formula is C26H23ClF3NO5. The molecule has 190 valence electrons. The zero-order valence-electron chi connectivity index (χ0n) is 19.6. The number of carboxylic acid groups (broad SMARTS) is 1. The fraction of sp³-hybridized carbons (Fsp3) is 0.231. The Morgan fingerprint density at radius 2 is 1.92 bits per heavy atom. The molecule has 3 rings (SSSR count). The van der Waals surface area contributed by atoms with E-state index in [0.29, 0.717) is 27.9 Å². The van der Waals surface area contributed by atoms with Gasteiger partial charge >= 0.3 is 12.3 Å². The lowest BCUT2D eigenvalue weighted by atomic mass is 10.0. The summed E-state index contributed by atoms with van der Waals surface area (Å²) in [6.07, 6.45) is -2.75. The van der Waals surface area contributed by atoms with E-state index in [0.717, 1.165) is 6.07 Å². The van der Waals surface area contributed by atoms with Gasteiger partial charge in [-0.1, -0.05) is 30.3 Å². The summed E-state index contributed by atoms with van der Waals surface area (Å²) in [6.45, 7) is 8.46. The minimum Gasteiger partial charge on any atom is -0.479 e. The number of nitrogens with zero attached hydrogens (tertiary/aromatic N) is 1. The Morgan fingerprint density at radius 1 is 1.22 bits per heavy atom. The van der Waals surface area contributed by atoms with Crippen molar-refractivity contribution in [3.05, 3.63) is 77.0 Å². The summed E-state index contributed by atoms with van der Waals surface area (Å²) >= 11 is 6.19. The van der Waals surface area contributed by atoms with Crippen LogP contribution in [-0.2, 0) is 4.79 Å². The molecule has 2 aromatic carbocycles. The number of alkyl halides is 3. The van der Waals surface area contributed by atoms with Crippen molar-refractivity contribution in [2.24, 2.45) is 0 Å². The van der Waals surface area contributed by atoms with Crippen molar-refractivity contribution < 1.29 is 37.3 Å². The van der Waals surface area contributed by atoms with Gasteiger partial charge < -0.3 is 19.1 Å². The highest BCUT2D eigenvalue weighted by atomic mass is 35.5. The quantitative estimate of drug-likeness (QED) is 0.241. The molecule has 0 aliphatic rings. The van der Waals surface area contributed by atoms with Gasteiger partial charge in [0, 0.05) is 40.9 Å². The van der Waals surface area contributed by atoms with E-state index in [4.69, 9.17) is 16.3 Å². The molecule has 0 amide bonds. The number of carbonyl (C=O) groups is 2. The Balaban J connectivity index is 2.25. The third kappa shape index (κ3) is 5.73. The highest BCUT2D eigenvalue weighted by Crippen LogP contribution is 2.37. The number of Topliss-reactive ketones (excluding diaryl/α,β-unsaturated/α-hetero) is 1. The van der Waals surface area contributed by atoms with E-state index in [1.165, 1.54) is 31.2 Å². The van der Waals surface area contributed by atoms with Crippen LogP contribution in [0, 0.1) is 6.92 Å².